The van der Waals surface area contributed by atoms with Crippen LogP contribution < -0.4 is 16.0 Å². The number of ether oxygens (including phenoxy) is 1. The highest BCUT2D eigenvalue weighted by atomic mass is 16.5. The molecule has 4 rings (SSSR count). The summed E-state index contributed by atoms with van der Waals surface area (Å²) in [5.74, 6) is 0.568. The smallest absolute Gasteiger partial charge is 0.337 e. The quantitative estimate of drug-likeness (QED) is 0.722. The first-order valence-electron chi connectivity index (χ1n) is 9.03. The predicted molar refractivity (Wildman–Crippen MR) is 99.3 cm³/mol. The zero-order valence-corrected chi connectivity index (χ0v) is 15.0. The van der Waals surface area contributed by atoms with Gasteiger partial charge in [0, 0.05) is 12.6 Å². The molecule has 3 aromatic rings. The van der Waals surface area contributed by atoms with Crippen LogP contribution in [0, 0.1) is 0 Å². The molecule has 2 aromatic heterocycles. The molecule has 0 unspecified atom stereocenters. The summed E-state index contributed by atoms with van der Waals surface area (Å²) in [5, 5.41) is 0. The molecule has 0 amide bonds. The summed E-state index contributed by atoms with van der Waals surface area (Å²) in [7, 11) is 1.57. The number of nitrogens with zero attached hydrogens (tertiary/aromatic N) is 4. The fourth-order valence-electron chi connectivity index (χ4n) is 3.91. The van der Waals surface area contributed by atoms with Crippen LogP contribution in [0.2, 0.25) is 0 Å². The molecule has 1 fully saturated rings. The van der Waals surface area contributed by atoms with Crippen molar-refractivity contribution in [1.82, 2.24) is 18.7 Å². The van der Waals surface area contributed by atoms with E-state index in [0.29, 0.717) is 29.1 Å². The molecule has 136 valence electrons. The Kier molecular flexibility index (Phi) is 4.14. The average Bonchev–Trinajstić information content (AvgIpc) is 3.32. The number of hydrogen-bond donors (Lipinski definition) is 0. The van der Waals surface area contributed by atoms with E-state index < -0.39 is 0 Å². The molecule has 1 aliphatic carbocycles. The van der Waals surface area contributed by atoms with Crippen molar-refractivity contribution in [3.05, 3.63) is 51.4 Å². The number of aryl methyl sites for hydroxylation is 1. The third-order valence-corrected chi connectivity index (χ3v) is 5.21. The van der Waals surface area contributed by atoms with Crippen LogP contribution in [0.15, 0.2) is 40.2 Å². The van der Waals surface area contributed by atoms with Gasteiger partial charge in [0.1, 0.15) is 5.75 Å². The second kappa shape index (κ2) is 6.48. The molecule has 7 heteroatoms. The molecule has 2 heterocycles. The van der Waals surface area contributed by atoms with Gasteiger partial charge in [-0.2, -0.15) is 0 Å². The van der Waals surface area contributed by atoms with Gasteiger partial charge in [0.05, 0.1) is 19.1 Å². The zero-order valence-electron chi connectivity index (χ0n) is 15.0. The van der Waals surface area contributed by atoms with Crippen LogP contribution in [-0.4, -0.2) is 25.8 Å². The lowest BCUT2D eigenvalue weighted by atomic mass is 10.2. The Labute approximate surface area is 150 Å². The van der Waals surface area contributed by atoms with Gasteiger partial charge in [-0.3, -0.25) is 9.36 Å². The molecule has 0 saturated heterocycles. The SMILES string of the molecule is CCn1cnc2c1c(=O)n(C1CCCC1)c(=O)n2-c1ccccc1OC. The Hall–Kier alpha value is -2.83. The van der Waals surface area contributed by atoms with Crippen molar-refractivity contribution in [2.24, 2.45) is 0 Å². The Morgan fingerprint density at radius 3 is 2.62 bits per heavy atom. The van der Waals surface area contributed by atoms with Crippen LogP contribution in [0.5, 0.6) is 5.75 Å². The number of imidazole rings is 1. The van der Waals surface area contributed by atoms with Gasteiger partial charge in [0.25, 0.3) is 5.56 Å². The number of aromatic nitrogens is 4. The minimum Gasteiger partial charge on any atom is -0.495 e. The Morgan fingerprint density at radius 2 is 1.92 bits per heavy atom. The molecule has 1 aromatic carbocycles. The highest BCUT2D eigenvalue weighted by Crippen LogP contribution is 2.28. The summed E-state index contributed by atoms with van der Waals surface area (Å²) in [6.45, 7) is 2.57. The topological polar surface area (TPSA) is 71.0 Å². The third kappa shape index (κ3) is 2.38. The normalized spacial score (nSPS) is 15.0. The Bertz CT molecular complexity index is 1070. The maximum atomic E-state index is 13.4. The third-order valence-electron chi connectivity index (χ3n) is 5.21. The lowest BCUT2D eigenvalue weighted by Gasteiger charge is -2.17. The van der Waals surface area contributed by atoms with E-state index in [9.17, 15) is 9.59 Å². The van der Waals surface area contributed by atoms with Crippen molar-refractivity contribution in [3.63, 3.8) is 0 Å². The largest absolute Gasteiger partial charge is 0.495 e. The van der Waals surface area contributed by atoms with Gasteiger partial charge in [-0.15, -0.1) is 0 Å². The average molecular weight is 354 g/mol. The summed E-state index contributed by atoms with van der Waals surface area (Å²) < 4.78 is 10.2. The molecule has 0 aliphatic heterocycles. The standard InChI is InChI=1S/C19H22N4O3/c1-3-21-12-20-17-16(21)18(24)22(13-8-4-5-9-13)19(25)23(17)14-10-6-7-11-15(14)26-2/h6-7,10-13H,3-5,8-9H2,1-2H3. The molecule has 1 aliphatic rings. The predicted octanol–water partition coefficient (Wildman–Crippen LogP) is 2.49. The van der Waals surface area contributed by atoms with Crippen LogP contribution >= 0.6 is 0 Å². The van der Waals surface area contributed by atoms with Crippen LogP contribution in [-0.2, 0) is 6.54 Å². The Balaban J connectivity index is 2.14. The molecule has 7 nitrogen and oxygen atoms in total. The van der Waals surface area contributed by atoms with Crippen molar-refractivity contribution in [2.75, 3.05) is 7.11 Å². The van der Waals surface area contributed by atoms with Crippen LogP contribution in [0.1, 0.15) is 38.6 Å². The monoisotopic (exact) mass is 354 g/mol. The highest BCUT2D eigenvalue weighted by Gasteiger charge is 2.26. The second-order valence-electron chi connectivity index (χ2n) is 6.61. The molecular formula is C19H22N4O3. The molecule has 0 radical (unpaired) electrons. The molecular weight excluding hydrogens is 332 g/mol. The van der Waals surface area contributed by atoms with Gasteiger partial charge in [-0.1, -0.05) is 25.0 Å². The van der Waals surface area contributed by atoms with E-state index in [1.807, 2.05) is 25.1 Å². The first-order chi connectivity index (χ1) is 12.7. The summed E-state index contributed by atoms with van der Waals surface area (Å²) in [6, 6.07) is 7.25. The van der Waals surface area contributed by atoms with Crippen molar-refractivity contribution in [1.29, 1.82) is 0 Å². The van der Waals surface area contributed by atoms with Gasteiger partial charge in [0.15, 0.2) is 11.2 Å². The van der Waals surface area contributed by atoms with E-state index in [1.165, 1.54) is 9.13 Å². The van der Waals surface area contributed by atoms with Gasteiger partial charge >= 0.3 is 5.69 Å². The van der Waals surface area contributed by atoms with Gasteiger partial charge in [-0.05, 0) is 31.9 Å². The first kappa shape index (κ1) is 16.6. The summed E-state index contributed by atoms with van der Waals surface area (Å²) in [5.41, 5.74) is 0.839. The van der Waals surface area contributed by atoms with Crippen LogP contribution in [0.4, 0.5) is 0 Å². The maximum absolute atomic E-state index is 13.4. The van der Waals surface area contributed by atoms with Crippen molar-refractivity contribution in [3.8, 4) is 11.4 Å². The lowest BCUT2D eigenvalue weighted by Crippen LogP contribution is -2.41. The Morgan fingerprint density at radius 1 is 1.19 bits per heavy atom. The zero-order chi connectivity index (χ0) is 18.3. The second-order valence-corrected chi connectivity index (χ2v) is 6.61. The lowest BCUT2D eigenvalue weighted by molar-refractivity contribution is 0.411. The van der Waals surface area contributed by atoms with Gasteiger partial charge < -0.3 is 9.30 Å². The molecule has 1 saturated carbocycles. The molecule has 26 heavy (non-hydrogen) atoms. The van der Waals surface area contributed by atoms with Crippen LogP contribution in [0.3, 0.4) is 0 Å². The van der Waals surface area contributed by atoms with E-state index >= 15 is 0 Å². The highest BCUT2D eigenvalue weighted by molar-refractivity contribution is 5.73. The van der Waals surface area contributed by atoms with E-state index in [2.05, 4.69) is 4.98 Å². The summed E-state index contributed by atoms with van der Waals surface area (Å²) in [4.78, 5) is 30.9. The first-order valence-corrected chi connectivity index (χ1v) is 9.03. The van der Waals surface area contributed by atoms with Crippen LogP contribution in [0.25, 0.3) is 16.9 Å². The van der Waals surface area contributed by atoms with Gasteiger partial charge in [-0.25, -0.2) is 14.3 Å². The maximum Gasteiger partial charge on any atom is 0.337 e. The summed E-state index contributed by atoms with van der Waals surface area (Å²) in [6.07, 6.45) is 5.41. The number of methoxy groups -OCH3 is 1. The fraction of sp³-hybridized carbons (Fsp3) is 0.421. The minimum atomic E-state index is -0.347. The molecule has 0 atom stereocenters. The van der Waals surface area contributed by atoms with Gasteiger partial charge in [0.2, 0.25) is 0 Å². The number of benzene rings is 1. The molecule has 0 N–H and O–H groups in total. The van der Waals surface area contributed by atoms with E-state index in [1.54, 1.807) is 24.1 Å². The van der Waals surface area contributed by atoms with Crippen molar-refractivity contribution in [2.45, 2.75) is 45.2 Å². The minimum absolute atomic E-state index is 0.0550. The number of hydrogen-bond acceptors (Lipinski definition) is 4. The number of rotatable bonds is 4. The van der Waals surface area contributed by atoms with Crippen molar-refractivity contribution < 1.29 is 4.74 Å². The van der Waals surface area contributed by atoms with E-state index in [-0.39, 0.29) is 17.3 Å². The van der Waals surface area contributed by atoms with E-state index in [4.69, 9.17) is 4.74 Å². The van der Waals surface area contributed by atoms with E-state index in [0.717, 1.165) is 25.7 Å². The fourth-order valence-corrected chi connectivity index (χ4v) is 3.91. The van der Waals surface area contributed by atoms with Crippen molar-refractivity contribution >= 4 is 11.2 Å². The number of fused-ring (bicyclic) bond motifs is 1. The number of para-hydroxylation sites is 2. The summed E-state index contributed by atoms with van der Waals surface area (Å²) >= 11 is 0. The molecule has 0 spiro atoms. The molecule has 0 bridgehead atoms.